The van der Waals surface area contributed by atoms with Crippen LogP contribution >= 0.6 is 23.2 Å². The van der Waals surface area contributed by atoms with Gasteiger partial charge in [0.25, 0.3) is 0 Å². The molecule has 0 aliphatic heterocycles. The Hall–Kier alpha value is -0.240. The number of hydrogen-bond donors (Lipinski definition) is 1. The Morgan fingerprint density at radius 1 is 1.10 bits per heavy atom. The van der Waals surface area contributed by atoms with E-state index in [1.165, 1.54) is 37.7 Å². The number of rotatable bonds is 3. The van der Waals surface area contributed by atoms with Crippen LogP contribution in [0.4, 0.5) is 0 Å². The Labute approximate surface area is 137 Å². The molecule has 3 saturated carbocycles. The first kappa shape index (κ1) is 14.4. The zero-order valence-electron chi connectivity index (χ0n) is 12.5. The van der Waals surface area contributed by atoms with Crippen LogP contribution in [0.3, 0.4) is 0 Å². The van der Waals surface area contributed by atoms with E-state index in [1.807, 2.05) is 12.1 Å². The van der Waals surface area contributed by atoms with E-state index in [0.29, 0.717) is 17.1 Å². The second kappa shape index (κ2) is 5.44. The van der Waals surface area contributed by atoms with E-state index in [-0.39, 0.29) is 0 Å². The van der Waals surface area contributed by atoms with E-state index in [9.17, 15) is 0 Å². The van der Waals surface area contributed by atoms with Crippen LogP contribution in [-0.2, 0) is 0 Å². The highest BCUT2D eigenvalue weighted by Gasteiger charge is 2.53. The summed E-state index contributed by atoms with van der Waals surface area (Å²) in [5.74, 6) is 3.97. The normalized spacial score (nSPS) is 38.7. The fraction of sp³-hybridized carbons (Fsp3) is 0.667. The number of halogens is 2. The monoisotopic (exact) mass is 323 g/mol. The maximum Gasteiger partial charge on any atom is 0.0468 e. The molecule has 21 heavy (non-hydrogen) atoms. The molecule has 1 N–H and O–H groups in total. The summed E-state index contributed by atoms with van der Waals surface area (Å²) in [6, 6.07) is 6.85. The summed E-state index contributed by atoms with van der Waals surface area (Å²) >= 11 is 12.4. The third kappa shape index (κ3) is 2.42. The first-order valence-electron chi connectivity index (χ1n) is 8.34. The molecule has 114 valence electrons. The van der Waals surface area contributed by atoms with Crippen molar-refractivity contribution >= 4 is 23.2 Å². The molecule has 0 aromatic heterocycles. The van der Waals surface area contributed by atoms with Crippen molar-refractivity contribution in [2.45, 2.75) is 51.1 Å². The van der Waals surface area contributed by atoms with Crippen LogP contribution in [-0.4, -0.2) is 6.04 Å². The molecular formula is C18H23Cl2N. The van der Waals surface area contributed by atoms with E-state index < -0.39 is 0 Å². The van der Waals surface area contributed by atoms with Gasteiger partial charge in [-0.2, -0.15) is 0 Å². The highest BCUT2D eigenvalue weighted by atomic mass is 35.5. The molecule has 2 bridgehead atoms. The van der Waals surface area contributed by atoms with Gasteiger partial charge in [-0.05, 0) is 74.0 Å². The van der Waals surface area contributed by atoms with Gasteiger partial charge in [-0.3, -0.25) is 0 Å². The van der Waals surface area contributed by atoms with Crippen molar-refractivity contribution < 1.29 is 0 Å². The molecule has 3 aliphatic rings. The lowest BCUT2D eigenvalue weighted by Gasteiger charge is -2.34. The van der Waals surface area contributed by atoms with Crippen molar-refractivity contribution in [2.75, 3.05) is 0 Å². The molecule has 1 aromatic rings. The molecule has 0 saturated heterocycles. The van der Waals surface area contributed by atoms with Crippen molar-refractivity contribution in [3.63, 3.8) is 0 Å². The van der Waals surface area contributed by atoms with Gasteiger partial charge in [-0.15, -0.1) is 0 Å². The Bertz CT molecular complexity index is 544. The Kier molecular flexibility index (Phi) is 3.72. The second-order valence-electron chi connectivity index (χ2n) is 7.31. The summed E-state index contributed by atoms with van der Waals surface area (Å²) in [5.41, 5.74) is 1.17. The van der Waals surface area contributed by atoms with Crippen molar-refractivity contribution in [2.24, 2.45) is 23.7 Å². The third-order valence-corrected chi connectivity index (χ3v) is 6.88. The molecule has 6 unspecified atom stereocenters. The first-order valence-corrected chi connectivity index (χ1v) is 9.10. The minimum Gasteiger partial charge on any atom is -0.307 e. The SMILES string of the molecule is CC(NC1CC2CC1C1CCCC21)c1ccc(Cl)cc1Cl. The zero-order chi connectivity index (χ0) is 14.6. The average Bonchev–Trinajstić information content (AvgIpc) is 3.09. The fourth-order valence-electron chi connectivity index (χ4n) is 5.52. The van der Waals surface area contributed by atoms with Gasteiger partial charge in [0.2, 0.25) is 0 Å². The van der Waals surface area contributed by atoms with Crippen LogP contribution in [0.5, 0.6) is 0 Å². The van der Waals surface area contributed by atoms with Gasteiger partial charge in [0.1, 0.15) is 0 Å². The summed E-state index contributed by atoms with van der Waals surface area (Å²) in [5, 5.41) is 5.37. The minimum atomic E-state index is 0.305. The van der Waals surface area contributed by atoms with Crippen LogP contribution in [0.1, 0.15) is 50.6 Å². The standard InChI is InChI=1S/C18H23Cl2N/c1-10(13-6-5-12(19)9-17(13)20)21-18-8-11-7-16(18)15-4-2-3-14(11)15/h5-6,9-11,14-16,18,21H,2-4,7-8H2,1H3. The predicted molar refractivity (Wildman–Crippen MR) is 88.8 cm³/mol. The lowest BCUT2D eigenvalue weighted by Crippen LogP contribution is -2.40. The molecular weight excluding hydrogens is 301 g/mol. The second-order valence-corrected chi connectivity index (χ2v) is 8.16. The summed E-state index contributed by atoms with van der Waals surface area (Å²) < 4.78 is 0. The van der Waals surface area contributed by atoms with Crippen molar-refractivity contribution in [1.29, 1.82) is 0 Å². The van der Waals surface area contributed by atoms with Crippen molar-refractivity contribution in [3.05, 3.63) is 33.8 Å². The smallest absolute Gasteiger partial charge is 0.0468 e. The molecule has 0 amide bonds. The van der Waals surface area contributed by atoms with E-state index in [1.54, 1.807) is 0 Å². The summed E-state index contributed by atoms with van der Waals surface area (Å²) in [6.07, 6.45) is 7.28. The van der Waals surface area contributed by atoms with Gasteiger partial charge in [0, 0.05) is 22.1 Å². The van der Waals surface area contributed by atoms with Crippen molar-refractivity contribution in [3.8, 4) is 0 Å². The highest BCUT2D eigenvalue weighted by molar-refractivity contribution is 6.35. The van der Waals surface area contributed by atoms with Gasteiger partial charge in [0.15, 0.2) is 0 Å². The topological polar surface area (TPSA) is 12.0 Å². The third-order valence-electron chi connectivity index (χ3n) is 6.32. The Morgan fingerprint density at radius 3 is 2.71 bits per heavy atom. The Balaban J connectivity index is 1.47. The molecule has 6 atom stereocenters. The van der Waals surface area contributed by atoms with Gasteiger partial charge >= 0.3 is 0 Å². The van der Waals surface area contributed by atoms with E-state index >= 15 is 0 Å². The lowest BCUT2D eigenvalue weighted by molar-refractivity contribution is 0.200. The number of benzene rings is 1. The fourth-order valence-corrected chi connectivity index (χ4v) is 6.10. The number of hydrogen-bond acceptors (Lipinski definition) is 1. The highest BCUT2D eigenvalue weighted by Crippen LogP contribution is 2.58. The summed E-state index contributed by atoms with van der Waals surface area (Å²) in [7, 11) is 0. The van der Waals surface area contributed by atoms with Crippen LogP contribution in [0.2, 0.25) is 10.0 Å². The quantitative estimate of drug-likeness (QED) is 0.777. The molecule has 0 heterocycles. The molecule has 1 nitrogen and oxygen atoms in total. The van der Waals surface area contributed by atoms with E-state index in [2.05, 4.69) is 18.3 Å². The van der Waals surface area contributed by atoms with Crippen molar-refractivity contribution in [1.82, 2.24) is 5.32 Å². The molecule has 4 rings (SSSR count). The maximum absolute atomic E-state index is 6.35. The summed E-state index contributed by atoms with van der Waals surface area (Å²) in [4.78, 5) is 0. The average molecular weight is 324 g/mol. The number of nitrogens with one attached hydrogen (secondary N) is 1. The predicted octanol–water partition coefficient (Wildman–Crippen LogP) is 5.47. The molecule has 0 radical (unpaired) electrons. The van der Waals surface area contributed by atoms with Crippen LogP contribution in [0.25, 0.3) is 0 Å². The first-order chi connectivity index (χ1) is 10.1. The van der Waals surface area contributed by atoms with E-state index in [4.69, 9.17) is 23.2 Å². The molecule has 3 aliphatic carbocycles. The van der Waals surface area contributed by atoms with E-state index in [0.717, 1.165) is 28.7 Å². The molecule has 0 spiro atoms. The molecule has 1 aromatic carbocycles. The van der Waals surface area contributed by atoms with Gasteiger partial charge < -0.3 is 5.32 Å². The lowest BCUT2D eigenvalue weighted by atomic mass is 9.79. The van der Waals surface area contributed by atoms with Gasteiger partial charge in [-0.1, -0.05) is 35.7 Å². The summed E-state index contributed by atoms with van der Waals surface area (Å²) in [6.45, 7) is 2.23. The maximum atomic E-state index is 6.35. The number of fused-ring (bicyclic) bond motifs is 5. The van der Waals surface area contributed by atoms with Crippen LogP contribution in [0, 0.1) is 23.7 Å². The van der Waals surface area contributed by atoms with Crippen LogP contribution in [0.15, 0.2) is 18.2 Å². The Morgan fingerprint density at radius 2 is 1.90 bits per heavy atom. The largest absolute Gasteiger partial charge is 0.307 e. The zero-order valence-corrected chi connectivity index (χ0v) is 14.0. The van der Waals surface area contributed by atoms with Gasteiger partial charge in [0.05, 0.1) is 0 Å². The van der Waals surface area contributed by atoms with Gasteiger partial charge in [-0.25, -0.2) is 0 Å². The molecule has 3 fully saturated rings. The minimum absolute atomic E-state index is 0.305. The molecule has 3 heteroatoms. The van der Waals surface area contributed by atoms with Crippen LogP contribution < -0.4 is 5.32 Å².